The number of nitrogens with zero attached hydrogens (tertiary/aromatic N) is 3. The maximum atomic E-state index is 6.02. The van der Waals surface area contributed by atoms with Gasteiger partial charge in [-0.05, 0) is 36.5 Å². The number of imidazole rings is 1. The SMILES string of the molecule is COc1ccc(CN2Cc3ncn(C)c3[C@@H](COCC3CC3)C2)cc1. The third-order valence-electron chi connectivity index (χ3n) is 5.24. The summed E-state index contributed by atoms with van der Waals surface area (Å²) in [7, 11) is 3.80. The highest BCUT2D eigenvalue weighted by molar-refractivity contribution is 5.28. The van der Waals surface area contributed by atoms with Crippen molar-refractivity contribution >= 4 is 0 Å². The highest BCUT2D eigenvalue weighted by Crippen LogP contribution is 2.31. The van der Waals surface area contributed by atoms with Crippen LogP contribution in [0.2, 0.25) is 0 Å². The van der Waals surface area contributed by atoms with Crippen LogP contribution in [0.25, 0.3) is 0 Å². The van der Waals surface area contributed by atoms with Gasteiger partial charge in [0.1, 0.15) is 5.75 Å². The third-order valence-corrected chi connectivity index (χ3v) is 5.24. The predicted molar refractivity (Wildman–Crippen MR) is 96.6 cm³/mol. The molecule has 2 aromatic rings. The molecule has 1 atom stereocenters. The third kappa shape index (κ3) is 3.88. The largest absolute Gasteiger partial charge is 0.497 e. The molecule has 0 N–H and O–H groups in total. The molecule has 0 bridgehead atoms. The Morgan fingerprint density at radius 2 is 1.96 bits per heavy atom. The van der Waals surface area contributed by atoms with E-state index in [1.165, 1.54) is 29.8 Å². The van der Waals surface area contributed by atoms with Gasteiger partial charge in [-0.15, -0.1) is 0 Å². The van der Waals surface area contributed by atoms with Crippen LogP contribution in [0, 0.1) is 5.92 Å². The number of rotatable bonds is 7. The summed E-state index contributed by atoms with van der Waals surface area (Å²) in [6.45, 7) is 4.56. The maximum absolute atomic E-state index is 6.02. The molecule has 1 aliphatic carbocycles. The molecule has 1 aromatic heterocycles. The van der Waals surface area contributed by atoms with Crippen molar-refractivity contribution in [3.63, 3.8) is 0 Å². The number of hydrogen-bond acceptors (Lipinski definition) is 4. The Kier molecular flexibility index (Phi) is 4.77. The van der Waals surface area contributed by atoms with Gasteiger partial charge in [-0.25, -0.2) is 4.98 Å². The Balaban J connectivity index is 1.44. The normalized spacial score (nSPS) is 20.5. The lowest BCUT2D eigenvalue weighted by atomic mass is 9.98. The van der Waals surface area contributed by atoms with Crippen LogP contribution in [0.1, 0.15) is 35.7 Å². The minimum Gasteiger partial charge on any atom is -0.497 e. The minimum atomic E-state index is 0.397. The summed E-state index contributed by atoms with van der Waals surface area (Å²) in [5.41, 5.74) is 3.85. The van der Waals surface area contributed by atoms with E-state index < -0.39 is 0 Å². The van der Waals surface area contributed by atoms with Gasteiger partial charge in [0.2, 0.25) is 0 Å². The van der Waals surface area contributed by atoms with E-state index in [9.17, 15) is 0 Å². The van der Waals surface area contributed by atoms with Gasteiger partial charge in [0.25, 0.3) is 0 Å². The van der Waals surface area contributed by atoms with Crippen LogP contribution in [0.3, 0.4) is 0 Å². The second-order valence-corrected chi connectivity index (χ2v) is 7.38. The van der Waals surface area contributed by atoms with Gasteiger partial charge in [0, 0.05) is 44.9 Å². The lowest BCUT2D eigenvalue weighted by molar-refractivity contribution is 0.0867. The van der Waals surface area contributed by atoms with E-state index in [-0.39, 0.29) is 0 Å². The van der Waals surface area contributed by atoms with Crippen LogP contribution in [0.4, 0.5) is 0 Å². The highest BCUT2D eigenvalue weighted by Gasteiger charge is 2.30. The first kappa shape index (κ1) is 16.6. The fraction of sp³-hybridized carbons (Fsp3) is 0.550. The van der Waals surface area contributed by atoms with Gasteiger partial charge < -0.3 is 14.0 Å². The summed E-state index contributed by atoms with van der Waals surface area (Å²) < 4.78 is 13.4. The van der Waals surface area contributed by atoms with Crippen LogP contribution in [0.5, 0.6) is 5.75 Å². The molecule has 134 valence electrons. The molecule has 2 heterocycles. The van der Waals surface area contributed by atoms with Crippen molar-refractivity contribution in [1.82, 2.24) is 14.5 Å². The molecule has 1 aromatic carbocycles. The Morgan fingerprint density at radius 3 is 2.68 bits per heavy atom. The quantitative estimate of drug-likeness (QED) is 0.776. The average Bonchev–Trinajstić information content (AvgIpc) is 3.37. The molecular formula is C20H27N3O2. The average molecular weight is 341 g/mol. The van der Waals surface area contributed by atoms with Crippen molar-refractivity contribution in [2.75, 3.05) is 26.9 Å². The second-order valence-electron chi connectivity index (χ2n) is 7.38. The molecule has 1 aliphatic heterocycles. The fourth-order valence-electron chi connectivity index (χ4n) is 3.71. The zero-order chi connectivity index (χ0) is 17.2. The molecular weight excluding hydrogens is 314 g/mol. The number of aromatic nitrogens is 2. The highest BCUT2D eigenvalue weighted by atomic mass is 16.5. The topological polar surface area (TPSA) is 39.5 Å². The van der Waals surface area contributed by atoms with Crippen LogP contribution < -0.4 is 4.74 Å². The predicted octanol–water partition coefficient (Wildman–Crippen LogP) is 2.95. The summed E-state index contributed by atoms with van der Waals surface area (Å²) in [5.74, 6) is 2.11. The van der Waals surface area contributed by atoms with Gasteiger partial charge in [0.05, 0.1) is 25.7 Å². The van der Waals surface area contributed by atoms with E-state index in [2.05, 4.69) is 33.6 Å². The zero-order valence-corrected chi connectivity index (χ0v) is 15.1. The number of aryl methyl sites for hydroxylation is 1. The lowest BCUT2D eigenvalue weighted by Gasteiger charge is -2.33. The summed E-state index contributed by atoms with van der Waals surface area (Å²) in [6.07, 6.45) is 4.62. The minimum absolute atomic E-state index is 0.397. The Hall–Kier alpha value is -1.85. The molecule has 0 radical (unpaired) electrons. The molecule has 5 heteroatoms. The number of hydrogen-bond donors (Lipinski definition) is 0. The van der Waals surface area contributed by atoms with E-state index in [0.29, 0.717) is 5.92 Å². The van der Waals surface area contributed by atoms with E-state index in [1.807, 2.05) is 18.5 Å². The van der Waals surface area contributed by atoms with E-state index in [4.69, 9.17) is 9.47 Å². The summed E-state index contributed by atoms with van der Waals surface area (Å²) in [6, 6.07) is 8.35. The molecule has 1 fully saturated rings. The van der Waals surface area contributed by atoms with Gasteiger partial charge in [-0.2, -0.15) is 0 Å². The van der Waals surface area contributed by atoms with Gasteiger partial charge in [0.15, 0.2) is 0 Å². The number of ether oxygens (including phenoxy) is 2. The van der Waals surface area contributed by atoms with Crippen molar-refractivity contribution in [3.8, 4) is 5.75 Å². The molecule has 0 saturated heterocycles. The molecule has 4 rings (SSSR count). The molecule has 2 aliphatic rings. The van der Waals surface area contributed by atoms with Crippen molar-refractivity contribution in [3.05, 3.63) is 47.5 Å². The standard InChI is InChI=1S/C20H27N3O2/c1-22-14-21-19-11-23(9-15-5-7-18(24-2)8-6-15)10-17(20(19)22)13-25-12-16-3-4-16/h5-8,14,16-17H,3-4,9-13H2,1-2H3/t17-/m1/s1. The molecule has 0 unspecified atom stereocenters. The van der Waals surface area contributed by atoms with E-state index in [1.54, 1.807) is 7.11 Å². The fourth-order valence-corrected chi connectivity index (χ4v) is 3.71. The number of fused-ring (bicyclic) bond motifs is 1. The zero-order valence-electron chi connectivity index (χ0n) is 15.1. The molecule has 5 nitrogen and oxygen atoms in total. The van der Waals surface area contributed by atoms with E-state index in [0.717, 1.165) is 44.5 Å². The van der Waals surface area contributed by atoms with Crippen molar-refractivity contribution in [2.45, 2.75) is 31.8 Å². The van der Waals surface area contributed by atoms with Crippen molar-refractivity contribution in [1.29, 1.82) is 0 Å². The second kappa shape index (κ2) is 7.18. The van der Waals surface area contributed by atoms with Crippen LogP contribution in [-0.2, 0) is 24.9 Å². The van der Waals surface area contributed by atoms with Gasteiger partial charge in [-0.1, -0.05) is 12.1 Å². The first-order chi connectivity index (χ1) is 12.2. The first-order valence-corrected chi connectivity index (χ1v) is 9.16. The van der Waals surface area contributed by atoms with Crippen molar-refractivity contribution in [2.24, 2.45) is 13.0 Å². The first-order valence-electron chi connectivity index (χ1n) is 9.16. The summed E-state index contributed by atoms with van der Waals surface area (Å²) in [4.78, 5) is 7.10. The molecule has 0 amide bonds. The summed E-state index contributed by atoms with van der Waals surface area (Å²) in [5, 5.41) is 0. The summed E-state index contributed by atoms with van der Waals surface area (Å²) >= 11 is 0. The monoisotopic (exact) mass is 341 g/mol. The maximum Gasteiger partial charge on any atom is 0.118 e. The Morgan fingerprint density at radius 1 is 1.16 bits per heavy atom. The van der Waals surface area contributed by atoms with E-state index >= 15 is 0 Å². The molecule has 1 saturated carbocycles. The van der Waals surface area contributed by atoms with Gasteiger partial charge in [-0.3, -0.25) is 4.90 Å². The molecule has 0 spiro atoms. The van der Waals surface area contributed by atoms with Crippen LogP contribution >= 0.6 is 0 Å². The van der Waals surface area contributed by atoms with Gasteiger partial charge >= 0.3 is 0 Å². The lowest BCUT2D eigenvalue weighted by Crippen LogP contribution is -2.36. The van der Waals surface area contributed by atoms with Crippen LogP contribution in [-0.4, -0.2) is 41.3 Å². The smallest absolute Gasteiger partial charge is 0.118 e. The Bertz CT molecular complexity index is 706. The van der Waals surface area contributed by atoms with Crippen molar-refractivity contribution < 1.29 is 9.47 Å². The Labute approximate surface area is 149 Å². The number of methoxy groups -OCH3 is 1. The molecule has 25 heavy (non-hydrogen) atoms. The number of benzene rings is 1. The van der Waals surface area contributed by atoms with Crippen LogP contribution in [0.15, 0.2) is 30.6 Å².